The standard InChI is InChI=1S/C33H36N4O5/c1-41-24-5-3-22(15-24)29-9-4-21-14-20(2-8-28(21)34-29)17-36-13-12-26(19-36)42-25-6-7-27-23(16-25)18-37(33(27)40)30-10-11-31(38)35-32(30)39/h2,4,6-9,14,16,22,24,26,30H,3,5,10-13,15,17-19H2,1H3,(H,35,38,39)/t22-,24-,26-,30?/m0/s1. The van der Waals surface area contributed by atoms with E-state index in [9.17, 15) is 14.4 Å². The van der Waals surface area contributed by atoms with E-state index >= 15 is 0 Å². The Labute approximate surface area is 245 Å². The zero-order chi connectivity index (χ0) is 28.8. The third-order valence-corrected chi connectivity index (χ3v) is 9.34. The van der Waals surface area contributed by atoms with Gasteiger partial charge in [0.2, 0.25) is 11.8 Å². The average molecular weight is 569 g/mol. The number of benzene rings is 2. The lowest BCUT2D eigenvalue weighted by Gasteiger charge is -2.29. The zero-order valence-electron chi connectivity index (χ0n) is 23.9. The van der Waals surface area contributed by atoms with Crippen molar-refractivity contribution in [3.63, 3.8) is 0 Å². The number of rotatable bonds is 7. The van der Waals surface area contributed by atoms with E-state index in [0.717, 1.165) is 62.1 Å². The molecular weight excluding hydrogens is 532 g/mol. The topological polar surface area (TPSA) is 101 Å². The first-order chi connectivity index (χ1) is 20.4. The van der Waals surface area contributed by atoms with E-state index in [1.54, 1.807) is 18.1 Å². The number of hydrogen-bond donors (Lipinski definition) is 1. The van der Waals surface area contributed by atoms with Crippen molar-refractivity contribution in [2.75, 3.05) is 20.2 Å². The molecule has 3 amide bonds. The van der Waals surface area contributed by atoms with Crippen LogP contribution in [0.4, 0.5) is 0 Å². The predicted molar refractivity (Wildman–Crippen MR) is 156 cm³/mol. The molecule has 3 fully saturated rings. The number of carbonyl (C=O) groups is 3. The summed E-state index contributed by atoms with van der Waals surface area (Å²) in [5, 5.41) is 3.52. The van der Waals surface area contributed by atoms with E-state index in [-0.39, 0.29) is 24.3 Å². The first-order valence-electron chi connectivity index (χ1n) is 15.0. The fraction of sp³-hybridized carbons (Fsp3) is 0.455. The number of nitrogens with zero attached hydrogens (tertiary/aromatic N) is 3. The summed E-state index contributed by atoms with van der Waals surface area (Å²) in [7, 11) is 1.80. The molecule has 3 aromatic rings. The van der Waals surface area contributed by atoms with Gasteiger partial charge in [-0.1, -0.05) is 12.1 Å². The molecule has 218 valence electrons. The molecule has 4 atom stereocenters. The van der Waals surface area contributed by atoms with Gasteiger partial charge in [0.1, 0.15) is 17.9 Å². The number of likely N-dealkylation sites (tertiary alicyclic amines) is 1. The van der Waals surface area contributed by atoms with Crippen molar-refractivity contribution >= 4 is 28.6 Å². The van der Waals surface area contributed by atoms with Crippen molar-refractivity contribution in [3.8, 4) is 5.75 Å². The van der Waals surface area contributed by atoms with E-state index in [2.05, 4.69) is 40.5 Å². The van der Waals surface area contributed by atoms with Crippen LogP contribution in [0, 0.1) is 0 Å². The Bertz CT molecular complexity index is 1560. The Morgan fingerprint density at radius 3 is 2.71 bits per heavy atom. The average Bonchev–Trinajstić information content (AvgIpc) is 3.72. The van der Waals surface area contributed by atoms with Crippen LogP contribution in [0.15, 0.2) is 48.5 Å². The van der Waals surface area contributed by atoms with Crippen LogP contribution in [-0.2, 0) is 27.4 Å². The van der Waals surface area contributed by atoms with E-state index in [1.807, 2.05) is 12.1 Å². The van der Waals surface area contributed by atoms with Crippen LogP contribution in [0.5, 0.6) is 5.75 Å². The van der Waals surface area contributed by atoms with Gasteiger partial charge in [0, 0.05) is 62.3 Å². The van der Waals surface area contributed by atoms with Gasteiger partial charge in [-0.25, -0.2) is 0 Å². The van der Waals surface area contributed by atoms with Crippen molar-refractivity contribution in [1.29, 1.82) is 0 Å². The molecule has 42 heavy (non-hydrogen) atoms. The minimum Gasteiger partial charge on any atom is -0.489 e. The van der Waals surface area contributed by atoms with E-state index < -0.39 is 11.9 Å². The summed E-state index contributed by atoms with van der Waals surface area (Å²) in [6.45, 7) is 2.99. The van der Waals surface area contributed by atoms with Gasteiger partial charge < -0.3 is 14.4 Å². The van der Waals surface area contributed by atoms with Crippen LogP contribution in [0.1, 0.15) is 71.6 Å². The number of carbonyl (C=O) groups excluding carboxylic acids is 3. The van der Waals surface area contributed by atoms with Gasteiger partial charge >= 0.3 is 0 Å². The smallest absolute Gasteiger partial charge is 0.255 e. The van der Waals surface area contributed by atoms with Crippen molar-refractivity contribution < 1.29 is 23.9 Å². The summed E-state index contributed by atoms with van der Waals surface area (Å²) < 4.78 is 11.9. The quantitative estimate of drug-likeness (QED) is 0.431. The summed E-state index contributed by atoms with van der Waals surface area (Å²) in [6.07, 6.45) is 5.25. The maximum atomic E-state index is 13.0. The van der Waals surface area contributed by atoms with Crippen molar-refractivity contribution in [2.24, 2.45) is 0 Å². The molecule has 4 heterocycles. The fourth-order valence-electron chi connectivity index (χ4n) is 7.05. The molecule has 0 spiro atoms. The number of methoxy groups -OCH3 is 1. The number of aromatic nitrogens is 1. The van der Waals surface area contributed by atoms with Gasteiger partial charge in [-0.2, -0.15) is 0 Å². The predicted octanol–water partition coefficient (Wildman–Crippen LogP) is 3.93. The molecule has 1 N–H and O–H groups in total. The molecule has 4 aliphatic rings. The summed E-state index contributed by atoms with van der Waals surface area (Å²) in [5.74, 6) is 0.375. The molecular formula is C33H36N4O5. The Morgan fingerprint density at radius 1 is 0.976 bits per heavy atom. The normalized spacial score (nSPS) is 26.2. The highest BCUT2D eigenvalue weighted by atomic mass is 16.5. The molecule has 1 saturated carbocycles. The van der Waals surface area contributed by atoms with E-state index in [4.69, 9.17) is 14.5 Å². The highest BCUT2D eigenvalue weighted by Crippen LogP contribution is 2.36. The van der Waals surface area contributed by atoms with Gasteiger partial charge in [0.25, 0.3) is 5.91 Å². The maximum absolute atomic E-state index is 13.0. The molecule has 9 heteroatoms. The van der Waals surface area contributed by atoms with Crippen molar-refractivity contribution in [2.45, 2.75) is 75.8 Å². The van der Waals surface area contributed by atoms with Crippen molar-refractivity contribution in [1.82, 2.24) is 20.1 Å². The number of piperidine rings is 1. The van der Waals surface area contributed by atoms with Crippen LogP contribution >= 0.6 is 0 Å². The monoisotopic (exact) mass is 568 g/mol. The molecule has 3 aliphatic heterocycles. The van der Waals surface area contributed by atoms with Crippen LogP contribution in [-0.4, -0.2) is 71.0 Å². The van der Waals surface area contributed by atoms with Gasteiger partial charge in [-0.3, -0.25) is 29.6 Å². The van der Waals surface area contributed by atoms with Crippen LogP contribution < -0.4 is 10.1 Å². The third-order valence-electron chi connectivity index (χ3n) is 9.34. The molecule has 2 aromatic carbocycles. The van der Waals surface area contributed by atoms with Crippen LogP contribution in [0.3, 0.4) is 0 Å². The number of fused-ring (bicyclic) bond motifs is 2. The van der Waals surface area contributed by atoms with Gasteiger partial charge in [-0.15, -0.1) is 0 Å². The zero-order valence-corrected chi connectivity index (χ0v) is 23.9. The molecule has 1 unspecified atom stereocenters. The fourth-order valence-corrected chi connectivity index (χ4v) is 7.05. The Morgan fingerprint density at radius 2 is 1.88 bits per heavy atom. The molecule has 0 bridgehead atoms. The summed E-state index contributed by atoms with van der Waals surface area (Å²) in [6, 6.07) is 15.9. The highest BCUT2D eigenvalue weighted by molar-refractivity contribution is 6.05. The van der Waals surface area contributed by atoms with Gasteiger partial charge in [0.15, 0.2) is 0 Å². The first kappa shape index (κ1) is 27.0. The highest BCUT2D eigenvalue weighted by Gasteiger charge is 2.39. The lowest BCUT2D eigenvalue weighted by molar-refractivity contribution is -0.136. The number of ether oxygens (including phenoxy) is 2. The second-order valence-electron chi connectivity index (χ2n) is 12.1. The van der Waals surface area contributed by atoms with Crippen LogP contribution in [0.2, 0.25) is 0 Å². The second kappa shape index (κ2) is 11.1. The number of pyridine rings is 1. The molecule has 7 rings (SSSR count). The third kappa shape index (κ3) is 5.27. The lowest BCUT2D eigenvalue weighted by atomic mass is 10.0. The van der Waals surface area contributed by atoms with Crippen LogP contribution in [0.25, 0.3) is 10.9 Å². The molecule has 1 aromatic heterocycles. The largest absolute Gasteiger partial charge is 0.489 e. The van der Waals surface area contributed by atoms with Crippen molar-refractivity contribution in [3.05, 3.63) is 70.9 Å². The van der Waals surface area contributed by atoms with Gasteiger partial charge in [0.05, 0.1) is 11.6 Å². The summed E-state index contributed by atoms with van der Waals surface area (Å²) in [5.41, 5.74) is 4.94. The number of imide groups is 1. The molecule has 9 nitrogen and oxygen atoms in total. The molecule has 0 radical (unpaired) electrons. The SMILES string of the molecule is CO[C@H]1CC[C@H](c2ccc3cc(CN4CC[C@H](Oc5ccc6c(c5)CN(C5CCC(=O)NC5=O)C6=O)C4)ccc3n2)C1. The van der Waals surface area contributed by atoms with Gasteiger partial charge in [-0.05, 0) is 79.6 Å². The van der Waals surface area contributed by atoms with E-state index in [1.165, 1.54) is 16.6 Å². The number of nitrogens with one attached hydrogen (secondary N) is 1. The second-order valence-corrected chi connectivity index (χ2v) is 12.1. The Balaban J connectivity index is 0.954. The minimum absolute atomic E-state index is 0.0680. The lowest BCUT2D eigenvalue weighted by Crippen LogP contribution is -2.52. The first-order valence-corrected chi connectivity index (χ1v) is 15.0. The minimum atomic E-state index is -0.612. The Kier molecular flexibility index (Phi) is 7.15. The maximum Gasteiger partial charge on any atom is 0.255 e. The molecule has 2 saturated heterocycles. The van der Waals surface area contributed by atoms with E-state index in [0.29, 0.717) is 30.6 Å². The summed E-state index contributed by atoms with van der Waals surface area (Å²) in [4.78, 5) is 45.8. The number of hydrogen-bond acceptors (Lipinski definition) is 7. The Hall–Kier alpha value is -3.82. The number of amides is 3. The molecule has 1 aliphatic carbocycles. The summed E-state index contributed by atoms with van der Waals surface area (Å²) >= 11 is 0.